The number of hydrogen-bond acceptors (Lipinski definition) is 4. The number of alkyl halides is 3. The summed E-state index contributed by atoms with van der Waals surface area (Å²) in [6.45, 7) is 1.32. The Morgan fingerprint density at radius 1 is 1.41 bits per heavy atom. The Bertz CT molecular complexity index is 700. The fourth-order valence-corrected chi connectivity index (χ4v) is 3.40. The van der Waals surface area contributed by atoms with Crippen molar-refractivity contribution in [3.63, 3.8) is 0 Å². The van der Waals surface area contributed by atoms with E-state index in [1.807, 2.05) is 0 Å². The predicted molar refractivity (Wildman–Crippen MR) is 72.0 cm³/mol. The van der Waals surface area contributed by atoms with Gasteiger partial charge >= 0.3 is 6.18 Å². The Morgan fingerprint density at radius 3 is 2.59 bits per heavy atom. The van der Waals surface area contributed by atoms with Crippen LogP contribution in [0, 0.1) is 0 Å². The summed E-state index contributed by atoms with van der Waals surface area (Å²) in [5, 5.41) is 0. The molecule has 1 amide bonds. The third kappa shape index (κ3) is 3.41. The third-order valence-corrected chi connectivity index (χ3v) is 4.53. The largest absolute Gasteiger partial charge is 0.413 e. The van der Waals surface area contributed by atoms with Gasteiger partial charge in [0, 0.05) is 18.7 Å². The number of carbonyl (C=O) groups is 1. The van der Waals surface area contributed by atoms with Gasteiger partial charge in [0.2, 0.25) is 5.91 Å². The van der Waals surface area contributed by atoms with Crippen molar-refractivity contribution in [3.05, 3.63) is 23.8 Å². The van der Waals surface area contributed by atoms with Crippen LogP contribution in [0.2, 0.25) is 0 Å². The molecule has 0 saturated heterocycles. The molecular weight excluding hydrogens is 323 g/mol. The van der Waals surface area contributed by atoms with E-state index in [1.54, 1.807) is 6.92 Å². The van der Waals surface area contributed by atoms with E-state index in [-0.39, 0.29) is 16.8 Å². The zero-order valence-corrected chi connectivity index (χ0v) is 12.7. The maximum Gasteiger partial charge on any atom is 0.413 e. The Kier molecular flexibility index (Phi) is 4.22. The number of amides is 1. The summed E-state index contributed by atoms with van der Waals surface area (Å²) < 4.78 is 63.8. The Labute approximate surface area is 125 Å². The number of hydrogen-bond donors (Lipinski definition) is 0. The number of halogens is 3. The zero-order valence-electron chi connectivity index (χ0n) is 11.8. The molecule has 2 rings (SSSR count). The van der Waals surface area contributed by atoms with Crippen molar-refractivity contribution >= 4 is 21.7 Å². The topological polar surface area (TPSA) is 63.7 Å². The molecule has 1 aliphatic heterocycles. The van der Waals surface area contributed by atoms with E-state index in [9.17, 15) is 26.4 Å². The molecule has 0 fully saturated rings. The van der Waals surface area contributed by atoms with Crippen LogP contribution in [-0.2, 0) is 25.5 Å². The molecule has 122 valence electrons. The number of anilines is 1. The Morgan fingerprint density at radius 2 is 2.05 bits per heavy atom. The lowest BCUT2D eigenvalue weighted by atomic mass is 10.1. The average molecular weight is 337 g/mol. The van der Waals surface area contributed by atoms with E-state index >= 15 is 0 Å². The molecule has 1 unspecified atom stereocenters. The molecule has 22 heavy (non-hydrogen) atoms. The Balaban J connectivity index is 2.30. The molecule has 1 heterocycles. The molecule has 1 aliphatic rings. The molecule has 0 bridgehead atoms. The van der Waals surface area contributed by atoms with Gasteiger partial charge in [-0.25, -0.2) is 0 Å². The fourth-order valence-electron chi connectivity index (χ4n) is 2.46. The van der Waals surface area contributed by atoms with E-state index in [1.165, 1.54) is 24.0 Å². The van der Waals surface area contributed by atoms with Crippen molar-refractivity contribution in [2.24, 2.45) is 0 Å². The lowest BCUT2D eigenvalue weighted by molar-refractivity contribution is -0.152. The zero-order chi connectivity index (χ0) is 16.7. The molecule has 5 nitrogen and oxygen atoms in total. The molecular formula is C13H14F3NO4S. The van der Waals surface area contributed by atoms with Gasteiger partial charge in [-0.1, -0.05) is 0 Å². The first-order valence-electron chi connectivity index (χ1n) is 6.40. The van der Waals surface area contributed by atoms with Gasteiger partial charge in [-0.05, 0) is 37.1 Å². The second-order valence-corrected chi connectivity index (χ2v) is 6.68. The summed E-state index contributed by atoms with van der Waals surface area (Å²) in [4.78, 5) is 12.7. The van der Waals surface area contributed by atoms with Gasteiger partial charge in [0.1, 0.15) is 0 Å². The van der Waals surface area contributed by atoms with E-state index in [0.29, 0.717) is 17.7 Å². The van der Waals surface area contributed by atoms with Crippen LogP contribution in [0.1, 0.15) is 19.4 Å². The van der Waals surface area contributed by atoms with Gasteiger partial charge in [0.25, 0.3) is 10.1 Å². The molecule has 0 saturated carbocycles. The molecule has 1 aromatic rings. The lowest BCUT2D eigenvalue weighted by Crippen LogP contribution is -2.33. The van der Waals surface area contributed by atoms with Crippen molar-refractivity contribution in [2.75, 3.05) is 11.5 Å². The highest BCUT2D eigenvalue weighted by Crippen LogP contribution is 2.34. The standard InChI is InChI=1S/C13H14F3NO4S/c1-8-5-10-6-11(3-4-12(10)17(8)9(2)18)22(19,20)21-7-13(14,15)16/h3-4,6,8H,5,7H2,1-2H3. The van der Waals surface area contributed by atoms with Crippen LogP contribution in [0.5, 0.6) is 0 Å². The van der Waals surface area contributed by atoms with Crippen LogP contribution in [0.15, 0.2) is 23.1 Å². The Hall–Kier alpha value is -1.61. The van der Waals surface area contributed by atoms with Crippen molar-refractivity contribution in [2.45, 2.75) is 37.4 Å². The maximum absolute atomic E-state index is 12.1. The molecule has 1 atom stereocenters. The van der Waals surface area contributed by atoms with E-state index in [4.69, 9.17) is 0 Å². The van der Waals surface area contributed by atoms with Crippen LogP contribution in [-0.4, -0.2) is 33.1 Å². The molecule has 0 radical (unpaired) electrons. The minimum Gasteiger partial charge on any atom is -0.309 e. The van der Waals surface area contributed by atoms with Crippen LogP contribution < -0.4 is 4.90 Å². The van der Waals surface area contributed by atoms with Crippen LogP contribution >= 0.6 is 0 Å². The molecule has 1 aromatic carbocycles. The van der Waals surface area contributed by atoms with Gasteiger partial charge in [-0.15, -0.1) is 0 Å². The summed E-state index contributed by atoms with van der Waals surface area (Å²) in [5.74, 6) is -0.185. The number of carbonyl (C=O) groups excluding carboxylic acids is 1. The first kappa shape index (κ1) is 16.8. The third-order valence-electron chi connectivity index (χ3n) is 3.27. The molecule has 0 aromatic heterocycles. The van der Waals surface area contributed by atoms with Gasteiger partial charge < -0.3 is 4.90 Å². The molecule has 0 aliphatic carbocycles. The van der Waals surface area contributed by atoms with Gasteiger partial charge in [-0.3, -0.25) is 8.98 Å². The first-order valence-corrected chi connectivity index (χ1v) is 7.81. The van der Waals surface area contributed by atoms with Crippen LogP contribution in [0.4, 0.5) is 18.9 Å². The van der Waals surface area contributed by atoms with Crippen molar-refractivity contribution in [1.29, 1.82) is 0 Å². The highest BCUT2D eigenvalue weighted by molar-refractivity contribution is 7.86. The second-order valence-electron chi connectivity index (χ2n) is 5.06. The maximum atomic E-state index is 12.1. The van der Waals surface area contributed by atoms with Crippen LogP contribution in [0.3, 0.4) is 0 Å². The number of fused-ring (bicyclic) bond motifs is 1. The van der Waals surface area contributed by atoms with E-state index < -0.39 is 22.9 Å². The molecule has 9 heteroatoms. The summed E-state index contributed by atoms with van der Waals surface area (Å²) >= 11 is 0. The lowest BCUT2D eigenvalue weighted by Gasteiger charge is -2.20. The summed E-state index contributed by atoms with van der Waals surface area (Å²) in [6, 6.07) is 3.66. The highest BCUT2D eigenvalue weighted by Gasteiger charge is 2.33. The quantitative estimate of drug-likeness (QED) is 0.794. The van der Waals surface area contributed by atoms with E-state index in [2.05, 4.69) is 4.18 Å². The minimum absolute atomic E-state index is 0.137. The van der Waals surface area contributed by atoms with Crippen molar-refractivity contribution < 1.29 is 30.6 Å². The van der Waals surface area contributed by atoms with Crippen LogP contribution in [0.25, 0.3) is 0 Å². The SMILES string of the molecule is CC(=O)N1c2ccc(S(=O)(=O)OCC(F)(F)F)cc2CC1C. The second kappa shape index (κ2) is 5.54. The monoisotopic (exact) mass is 337 g/mol. The van der Waals surface area contributed by atoms with Gasteiger partial charge in [0.05, 0.1) is 4.90 Å². The highest BCUT2D eigenvalue weighted by atomic mass is 32.2. The smallest absolute Gasteiger partial charge is 0.309 e. The normalized spacial score (nSPS) is 18.4. The first-order chi connectivity index (χ1) is 10.0. The predicted octanol–water partition coefficient (Wildman–Crippen LogP) is 2.25. The van der Waals surface area contributed by atoms with Gasteiger partial charge in [0.15, 0.2) is 6.61 Å². The number of rotatable bonds is 3. The minimum atomic E-state index is -4.73. The summed E-state index contributed by atoms with van der Waals surface area (Å²) in [7, 11) is -4.49. The van der Waals surface area contributed by atoms with Crippen molar-refractivity contribution in [1.82, 2.24) is 0 Å². The number of benzene rings is 1. The fraction of sp³-hybridized carbons (Fsp3) is 0.462. The average Bonchev–Trinajstić information content (AvgIpc) is 2.70. The molecule has 0 spiro atoms. The molecule has 0 N–H and O–H groups in total. The van der Waals surface area contributed by atoms with Crippen molar-refractivity contribution in [3.8, 4) is 0 Å². The summed E-state index contributed by atoms with van der Waals surface area (Å²) in [5.41, 5.74) is 1.15. The number of nitrogens with zero attached hydrogens (tertiary/aromatic N) is 1. The van der Waals surface area contributed by atoms with E-state index in [0.717, 1.165) is 6.07 Å². The van der Waals surface area contributed by atoms with Gasteiger partial charge in [-0.2, -0.15) is 21.6 Å². The summed E-state index contributed by atoms with van der Waals surface area (Å²) in [6.07, 6.45) is -4.30.